The number of thiophene rings is 2. The zero-order valence-corrected chi connectivity index (χ0v) is 13.0. The molecule has 0 N–H and O–H groups in total. The maximum atomic E-state index is 2.37. The largest absolute Gasteiger partial charge is 0.140 e. The van der Waals surface area contributed by atoms with Gasteiger partial charge in [0.05, 0.1) is 0 Å². The molecule has 2 aromatic heterocycles. The van der Waals surface area contributed by atoms with Crippen LogP contribution in [0.15, 0.2) is 24.3 Å². The monoisotopic (exact) mass is 274 g/mol. The lowest BCUT2D eigenvalue weighted by molar-refractivity contribution is 0.604. The van der Waals surface area contributed by atoms with Crippen molar-refractivity contribution in [2.45, 2.75) is 39.5 Å². The predicted octanol–water partition coefficient (Wildman–Crippen LogP) is 5.98. The van der Waals surface area contributed by atoms with Crippen molar-refractivity contribution in [2.24, 2.45) is 0 Å². The highest BCUT2D eigenvalue weighted by Crippen LogP contribution is 2.38. The van der Waals surface area contributed by atoms with E-state index >= 15 is 0 Å². The van der Waals surface area contributed by atoms with Gasteiger partial charge >= 0.3 is 0 Å². The lowest BCUT2D eigenvalue weighted by atomic mass is 9.94. The molecule has 0 saturated heterocycles. The first-order valence-corrected chi connectivity index (χ1v) is 8.07. The molecular weight excluding hydrogens is 256 g/mol. The third-order valence-corrected chi connectivity index (χ3v) is 6.06. The van der Waals surface area contributed by atoms with Crippen LogP contribution in [-0.2, 0) is 11.8 Å². The molecule has 94 valence electrons. The van der Waals surface area contributed by atoms with E-state index in [1.54, 1.807) is 0 Å². The summed E-state index contributed by atoms with van der Waals surface area (Å²) in [6, 6.07) is 9.43. The molecule has 18 heavy (non-hydrogen) atoms. The quantitative estimate of drug-likeness (QED) is 0.512. The molecule has 0 aliphatic heterocycles. The Balaban J connectivity index is 2.23. The highest BCUT2D eigenvalue weighted by molar-refractivity contribution is 7.20. The minimum absolute atomic E-state index is 0.256. The molecule has 2 heterocycles. The minimum Gasteiger partial charge on any atom is -0.140 e. The summed E-state index contributed by atoms with van der Waals surface area (Å²) in [5.74, 6) is 0. The van der Waals surface area contributed by atoms with Crippen LogP contribution >= 0.6 is 22.7 Å². The van der Waals surface area contributed by atoms with Crippen LogP contribution in [0.1, 0.15) is 37.4 Å². The average molecular weight is 274 g/mol. The van der Waals surface area contributed by atoms with Crippen molar-refractivity contribution >= 4 is 42.8 Å². The van der Waals surface area contributed by atoms with E-state index in [4.69, 9.17) is 0 Å². The van der Waals surface area contributed by atoms with Crippen molar-refractivity contribution in [3.63, 3.8) is 0 Å². The van der Waals surface area contributed by atoms with Gasteiger partial charge in [-0.05, 0) is 46.9 Å². The topological polar surface area (TPSA) is 0 Å². The summed E-state index contributed by atoms with van der Waals surface area (Å²) < 4.78 is 2.85. The Morgan fingerprint density at radius 1 is 0.889 bits per heavy atom. The van der Waals surface area contributed by atoms with E-state index in [1.165, 1.54) is 29.9 Å². The van der Waals surface area contributed by atoms with E-state index in [9.17, 15) is 0 Å². The van der Waals surface area contributed by atoms with Gasteiger partial charge in [0.1, 0.15) is 0 Å². The molecule has 0 bridgehead atoms. The Labute approximate surface area is 116 Å². The Morgan fingerprint density at radius 2 is 1.50 bits per heavy atom. The molecular formula is C16H18S2. The highest BCUT2D eigenvalue weighted by atomic mass is 32.1. The van der Waals surface area contributed by atoms with Crippen molar-refractivity contribution in [1.29, 1.82) is 0 Å². The molecule has 0 amide bonds. The molecule has 0 fully saturated rings. The second-order valence-electron chi connectivity index (χ2n) is 5.85. The van der Waals surface area contributed by atoms with E-state index in [2.05, 4.69) is 52.0 Å². The predicted molar refractivity (Wildman–Crippen MR) is 85.3 cm³/mol. The van der Waals surface area contributed by atoms with Crippen molar-refractivity contribution < 1.29 is 0 Å². The van der Waals surface area contributed by atoms with Crippen LogP contribution in [0.3, 0.4) is 0 Å². The zero-order chi connectivity index (χ0) is 12.9. The van der Waals surface area contributed by atoms with Gasteiger partial charge in [-0.25, -0.2) is 0 Å². The van der Waals surface area contributed by atoms with Gasteiger partial charge in [0.2, 0.25) is 0 Å². The van der Waals surface area contributed by atoms with Gasteiger partial charge in [-0.15, -0.1) is 22.7 Å². The lowest BCUT2D eigenvalue weighted by Gasteiger charge is -2.14. The van der Waals surface area contributed by atoms with Gasteiger partial charge in [-0.1, -0.05) is 27.7 Å². The first kappa shape index (κ1) is 12.2. The molecule has 0 spiro atoms. The molecule has 0 nitrogen and oxygen atoms in total. The van der Waals surface area contributed by atoms with Gasteiger partial charge in [0.25, 0.3) is 0 Å². The van der Waals surface area contributed by atoms with Crippen molar-refractivity contribution in [3.05, 3.63) is 34.0 Å². The van der Waals surface area contributed by atoms with Crippen LogP contribution in [-0.4, -0.2) is 0 Å². The van der Waals surface area contributed by atoms with E-state index in [1.807, 2.05) is 22.7 Å². The molecule has 0 atom stereocenters. The first-order valence-electron chi connectivity index (χ1n) is 6.44. The normalized spacial score (nSPS) is 12.7. The van der Waals surface area contributed by atoms with Crippen LogP contribution in [0.5, 0.6) is 0 Å². The van der Waals surface area contributed by atoms with E-state index in [0.29, 0.717) is 0 Å². The van der Waals surface area contributed by atoms with Gasteiger partial charge < -0.3 is 0 Å². The molecule has 3 rings (SSSR count). The minimum atomic E-state index is 0.256. The number of aryl methyl sites for hydroxylation is 1. The van der Waals surface area contributed by atoms with Crippen molar-refractivity contribution in [3.8, 4) is 0 Å². The van der Waals surface area contributed by atoms with Crippen LogP contribution in [0.2, 0.25) is 0 Å². The van der Waals surface area contributed by atoms with Crippen LogP contribution in [0, 0.1) is 0 Å². The van der Waals surface area contributed by atoms with Gasteiger partial charge in [-0.3, -0.25) is 0 Å². The summed E-state index contributed by atoms with van der Waals surface area (Å²) in [4.78, 5) is 2.96. The summed E-state index contributed by atoms with van der Waals surface area (Å²) in [6.45, 7) is 9.09. The molecule has 0 saturated carbocycles. The fourth-order valence-electron chi connectivity index (χ4n) is 2.17. The number of rotatable bonds is 1. The molecule has 0 aliphatic carbocycles. The Hall–Kier alpha value is -0.860. The second-order valence-corrected chi connectivity index (χ2v) is 8.11. The van der Waals surface area contributed by atoms with Gasteiger partial charge in [0, 0.05) is 19.2 Å². The van der Waals surface area contributed by atoms with E-state index in [0.717, 1.165) is 6.42 Å². The maximum Gasteiger partial charge on any atom is 0.0352 e. The number of hydrogen-bond acceptors (Lipinski definition) is 2. The average Bonchev–Trinajstić information content (AvgIpc) is 2.86. The summed E-state index contributed by atoms with van der Waals surface area (Å²) in [5.41, 5.74) is 0.256. The molecule has 3 aromatic rings. The fraction of sp³-hybridized carbons (Fsp3) is 0.375. The lowest BCUT2D eigenvalue weighted by Crippen LogP contribution is -2.07. The van der Waals surface area contributed by atoms with Crippen molar-refractivity contribution in [2.75, 3.05) is 0 Å². The Bertz CT molecular complexity index is 657. The molecule has 0 aliphatic rings. The summed E-state index contributed by atoms with van der Waals surface area (Å²) in [5, 5.41) is 2.81. The molecule has 0 unspecified atom stereocenters. The summed E-state index contributed by atoms with van der Waals surface area (Å²) >= 11 is 3.87. The van der Waals surface area contributed by atoms with E-state index < -0.39 is 0 Å². The van der Waals surface area contributed by atoms with E-state index in [-0.39, 0.29) is 5.41 Å². The van der Waals surface area contributed by atoms with Crippen molar-refractivity contribution in [1.82, 2.24) is 0 Å². The maximum absolute atomic E-state index is 2.37. The molecule has 2 heteroatoms. The smallest absolute Gasteiger partial charge is 0.0352 e. The third-order valence-electron chi connectivity index (χ3n) is 3.29. The van der Waals surface area contributed by atoms with Gasteiger partial charge in [-0.2, -0.15) is 0 Å². The summed E-state index contributed by atoms with van der Waals surface area (Å²) in [7, 11) is 0. The Kier molecular flexibility index (Phi) is 2.76. The molecule has 1 aromatic carbocycles. The SMILES string of the molecule is CCc1cc2cc3sc(C(C)(C)C)cc3cc2s1. The number of fused-ring (bicyclic) bond motifs is 2. The second kappa shape index (κ2) is 4.07. The number of benzene rings is 1. The summed E-state index contributed by atoms with van der Waals surface area (Å²) in [6.07, 6.45) is 1.14. The zero-order valence-electron chi connectivity index (χ0n) is 11.3. The molecule has 0 radical (unpaired) electrons. The van der Waals surface area contributed by atoms with Crippen LogP contribution in [0.25, 0.3) is 20.2 Å². The third kappa shape index (κ3) is 1.98. The standard InChI is InChI=1S/C16H18S2/c1-5-12-6-10-7-14-11(8-13(10)17-12)9-15(18-14)16(2,3)4/h6-9H,5H2,1-4H3. The highest BCUT2D eigenvalue weighted by Gasteiger charge is 2.17. The van der Waals surface area contributed by atoms with Crippen LogP contribution in [0.4, 0.5) is 0 Å². The Morgan fingerprint density at radius 3 is 2.11 bits per heavy atom. The first-order chi connectivity index (χ1) is 8.47. The fourth-order valence-corrected chi connectivity index (χ4v) is 4.36. The van der Waals surface area contributed by atoms with Crippen LogP contribution < -0.4 is 0 Å². The number of hydrogen-bond donors (Lipinski definition) is 0. The van der Waals surface area contributed by atoms with Gasteiger partial charge in [0.15, 0.2) is 0 Å².